The predicted molar refractivity (Wildman–Crippen MR) is 58.8 cm³/mol. The maximum Gasteiger partial charge on any atom is 0.387 e. The van der Waals surface area contributed by atoms with Gasteiger partial charge >= 0.3 is 6.61 Å². The van der Waals surface area contributed by atoms with Crippen molar-refractivity contribution in [2.75, 3.05) is 5.73 Å². The number of aromatic nitrogens is 2. The molecule has 0 aliphatic heterocycles. The molecule has 1 aromatic carbocycles. The molecule has 1 heterocycles. The van der Waals surface area contributed by atoms with Gasteiger partial charge < -0.3 is 15.0 Å². The van der Waals surface area contributed by atoms with Crippen molar-refractivity contribution in [2.24, 2.45) is 0 Å². The maximum absolute atomic E-state index is 12.2. The molecule has 6 heteroatoms. The van der Waals surface area contributed by atoms with Gasteiger partial charge in [0.05, 0.1) is 6.54 Å². The molecule has 1 aromatic heterocycles. The average Bonchev–Trinajstić information content (AvgIpc) is 2.67. The third-order valence-electron chi connectivity index (χ3n) is 2.28. The zero-order valence-corrected chi connectivity index (χ0v) is 8.88. The van der Waals surface area contributed by atoms with Gasteiger partial charge in [0.25, 0.3) is 0 Å². The van der Waals surface area contributed by atoms with Crippen LogP contribution in [0.4, 0.5) is 14.7 Å². The van der Waals surface area contributed by atoms with Crippen molar-refractivity contribution in [3.05, 3.63) is 42.2 Å². The number of nitrogens with two attached hydrogens (primary N) is 1. The Balaban J connectivity index is 2.23. The van der Waals surface area contributed by atoms with E-state index >= 15 is 0 Å². The summed E-state index contributed by atoms with van der Waals surface area (Å²) in [6, 6.07) is 6.59. The fraction of sp³-hybridized carbons (Fsp3) is 0.182. The highest BCUT2D eigenvalue weighted by Gasteiger charge is 2.10. The quantitative estimate of drug-likeness (QED) is 0.889. The lowest BCUT2D eigenvalue weighted by Gasteiger charge is -2.11. The number of anilines is 1. The second-order valence-corrected chi connectivity index (χ2v) is 3.40. The van der Waals surface area contributed by atoms with Crippen molar-refractivity contribution in [1.82, 2.24) is 9.55 Å². The highest BCUT2D eigenvalue weighted by atomic mass is 19.3. The number of halogens is 2. The molecule has 0 aliphatic carbocycles. The molecule has 0 aliphatic rings. The van der Waals surface area contributed by atoms with Gasteiger partial charge in [0.15, 0.2) is 5.95 Å². The second kappa shape index (κ2) is 4.82. The Labute approximate surface area is 96.6 Å². The predicted octanol–water partition coefficient (Wildman–Crippen LogP) is 2.12. The molecule has 4 nitrogen and oxygen atoms in total. The molecule has 0 atom stereocenters. The van der Waals surface area contributed by atoms with Crippen LogP contribution in [0.5, 0.6) is 5.75 Å². The van der Waals surface area contributed by atoms with E-state index in [4.69, 9.17) is 5.73 Å². The minimum absolute atomic E-state index is 0.149. The molecule has 90 valence electrons. The van der Waals surface area contributed by atoms with Crippen molar-refractivity contribution in [2.45, 2.75) is 13.2 Å². The van der Waals surface area contributed by atoms with Gasteiger partial charge in [0, 0.05) is 18.0 Å². The van der Waals surface area contributed by atoms with Gasteiger partial charge in [-0.2, -0.15) is 8.78 Å². The van der Waals surface area contributed by atoms with Crippen molar-refractivity contribution < 1.29 is 13.5 Å². The third kappa shape index (κ3) is 2.72. The number of hydrogen-bond donors (Lipinski definition) is 1. The first-order valence-electron chi connectivity index (χ1n) is 4.96. The normalized spacial score (nSPS) is 10.8. The van der Waals surface area contributed by atoms with Crippen molar-refractivity contribution in [3.8, 4) is 5.75 Å². The van der Waals surface area contributed by atoms with Crippen LogP contribution in [0.25, 0.3) is 0 Å². The van der Waals surface area contributed by atoms with E-state index in [0.29, 0.717) is 18.1 Å². The SMILES string of the molecule is Nc1nccn1Cc1ccccc1OC(F)F. The molecular formula is C11H11F2N3O. The molecule has 0 amide bonds. The molecule has 0 fully saturated rings. The van der Waals surface area contributed by atoms with Gasteiger partial charge in [-0.3, -0.25) is 0 Å². The van der Waals surface area contributed by atoms with Crippen LogP contribution in [0.15, 0.2) is 36.7 Å². The Hall–Kier alpha value is -2.11. The second-order valence-electron chi connectivity index (χ2n) is 3.40. The summed E-state index contributed by atoms with van der Waals surface area (Å²) in [4.78, 5) is 3.86. The number of nitrogens with zero attached hydrogens (tertiary/aromatic N) is 2. The summed E-state index contributed by atoms with van der Waals surface area (Å²) >= 11 is 0. The van der Waals surface area contributed by atoms with Gasteiger partial charge in [-0.05, 0) is 6.07 Å². The number of nitrogen functional groups attached to an aromatic ring is 1. The van der Waals surface area contributed by atoms with Crippen LogP contribution in [0.2, 0.25) is 0 Å². The smallest absolute Gasteiger partial charge is 0.387 e. The molecule has 2 rings (SSSR count). The van der Waals surface area contributed by atoms with Crippen LogP contribution < -0.4 is 10.5 Å². The van der Waals surface area contributed by atoms with Gasteiger partial charge in [0.1, 0.15) is 5.75 Å². The van der Waals surface area contributed by atoms with E-state index in [1.165, 1.54) is 6.07 Å². The van der Waals surface area contributed by atoms with Crippen molar-refractivity contribution in [1.29, 1.82) is 0 Å². The number of alkyl halides is 2. The minimum atomic E-state index is -2.84. The fourth-order valence-electron chi connectivity index (χ4n) is 1.50. The highest BCUT2D eigenvalue weighted by Crippen LogP contribution is 2.21. The average molecular weight is 239 g/mol. The molecular weight excluding hydrogens is 228 g/mol. The van der Waals surface area contributed by atoms with Gasteiger partial charge in [-0.1, -0.05) is 18.2 Å². The Kier molecular flexibility index (Phi) is 3.22. The first kappa shape index (κ1) is 11.4. The summed E-state index contributed by atoms with van der Waals surface area (Å²) in [6.07, 6.45) is 3.22. The number of ether oxygens (including phenoxy) is 1. The van der Waals surface area contributed by atoms with Gasteiger partial charge in [-0.15, -0.1) is 0 Å². The van der Waals surface area contributed by atoms with Crippen LogP contribution in [0.1, 0.15) is 5.56 Å². The lowest BCUT2D eigenvalue weighted by Crippen LogP contribution is -2.08. The fourth-order valence-corrected chi connectivity index (χ4v) is 1.50. The molecule has 0 bridgehead atoms. The molecule has 2 N–H and O–H groups in total. The van der Waals surface area contributed by atoms with E-state index in [1.807, 2.05) is 0 Å². The Morgan fingerprint density at radius 2 is 2.12 bits per heavy atom. The van der Waals surface area contributed by atoms with Crippen LogP contribution in [-0.4, -0.2) is 16.2 Å². The topological polar surface area (TPSA) is 53.1 Å². The van der Waals surface area contributed by atoms with E-state index < -0.39 is 6.61 Å². The molecule has 0 saturated heterocycles. The number of para-hydroxylation sites is 1. The lowest BCUT2D eigenvalue weighted by molar-refractivity contribution is -0.0504. The summed E-state index contributed by atoms with van der Waals surface area (Å²) in [5, 5.41) is 0. The number of benzene rings is 1. The van der Waals surface area contributed by atoms with Crippen LogP contribution in [0.3, 0.4) is 0 Å². The first-order valence-corrected chi connectivity index (χ1v) is 4.96. The summed E-state index contributed by atoms with van der Waals surface area (Å²) in [6.45, 7) is -2.49. The largest absolute Gasteiger partial charge is 0.434 e. The first-order chi connectivity index (χ1) is 8.16. The van der Waals surface area contributed by atoms with Crippen molar-refractivity contribution >= 4 is 5.95 Å². The summed E-state index contributed by atoms with van der Waals surface area (Å²) < 4.78 is 30.5. The summed E-state index contributed by atoms with van der Waals surface area (Å²) in [5.41, 5.74) is 6.23. The van der Waals surface area contributed by atoms with Crippen LogP contribution in [0, 0.1) is 0 Å². The standard InChI is InChI=1S/C11H11F2N3O/c12-10(13)17-9-4-2-1-3-8(9)7-16-6-5-15-11(16)14/h1-6,10H,7H2,(H2,14,15). The van der Waals surface area contributed by atoms with Crippen LogP contribution in [-0.2, 0) is 6.54 Å². The van der Waals surface area contributed by atoms with E-state index in [-0.39, 0.29) is 5.75 Å². The van der Waals surface area contributed by atoms with Gasteiger partial charge in [-0.25, -0.2) is 4.98 Å². The Morgan fingerprint density at radius 1 is 1.35 bits per heavy atom. The highest BCUT2D eigenvalue weighted by molar-refractivity contribution is 5.34. The van der Waals surface area contributed by atoms with Gasteiger partial charge in [0.2, 0.25) is 0 Å². The monoisotopic (exact) mass is 239 g/mol. The lowest BCUT2D eigenvalue weighted by atomic mass is 10.2. The number of rotatable bonds is 4. The minimum Gasteiger partial charge on any atom is -0.434 e. The number of hydrogen-bond acceptors (Lipinski definition) is 3. The zero-order chi connectivity index (χ0) is 12.3. The summed E-state index contributed by atoms with van der Waals surface area (Å²) in [7, 11) is 0. The third-order valence-corrected chi connectivity index (χ3v) is 2.28. The molecule has 17 heavy (non-hydrogen) atoms. The Bertz CT molecular complexity index is 499. The van der Waals surface area contributed by atoms with Crippen LogP contribution >= 0.6 is 0 Å². The molecule has 0 saturated carbocycles. The Morgan fingerprint density at radius 3 is 2.76 bits per heavy atom. The van der Waals surface area contributed by atoms with Crippen molar-refractivity contribution in [3.63, 3.8) is 0 Å². The van der Waals surface area contributed by atoms with E-state index in [0.717, 1.165) is 0 Å². The molecule has 0 unspecified atom stereocenters. The molecule has 0 radical (unpaired) electrons. The summed E-state index contributed by atoms with van der Waals surface area (Å²) in [5.74, 6) is 0.479. The van der Waals surface area contributed by atoms with E-state index in [2.05, 4.69) is 9.72 Å². The maximum atomic E-state index is 12.2. The molecule has 0 spiro atoms. The zero-order valence-electron chi connectivity index (χ0n) is 8.88. The number of imidazole rings is 1. The van der Waals surface area contributed by atoms with E-state index in [1.54, 1.807) is 35.2 Å². The van der Waals surface area contributed by atoms with E-state index in [9.17, 15) is 8.78 Å². The molecule has 2 aromatic rings.